The molecule has 1 aliphatic heterocycles. The van der Waals surface area contributed by atoms with E-state index in [9.17, 15) is 14.4 Å². The summed E-state index contributed by atoms with van der Waals surface area (Å²) in [6.45, 7) is 4.24. The van der Waals surface area contributed by atoms with Gasteiger partial charge < -0.3 is 20.1 Å². The Morgan fingerprint density at radius 3 is 2.50 bits per heavy atom. The first-order valence-electron chi connectivity index (χ1n) is 12.2. The number of nitrogens with one attached hydrogen (secondary N) is 2. The van der Waals surface area contributed by atoms with Gasteiger partial charge in [0.2, 0.25) is 5.91 Å². The van der Waals surface area contributed by atoms with E-state index in [4.69, 9.17) is 9.47 Å². The molecule has 0 atom stereocenters. The SMILES string of the molecule is CCOc1cc(/C=C2/NC(=O)N(CC(=O)Nc3ccccc3CC)C2=O)ccc1OCc1ccc(Br)cc1. The number of nitrogens with zero attached hydrogens (tertiary/aromatic N) is 1. The van der Waals surface area contributed by atoms with Gasteiger partial charge in [0.05, 0.1) is 6.61 Å². The third-order valence-electron chi connectivity index (χ3n) is 5.82. The number of amides is 4. The minimum Gasteiger partial charge on any atom is -0.490 e. The first kappa shape index (κ1) is 26.9. The predicted octanol–water partition coefficient (Wildman–Crippen LogP) is 5.52. The fourth-order valence-corrected chi connectivity index (χ4v) is 4.17. The first-order chi connectivity index (χ1) is 18.4. The Labute approximate surface area is 229 Å². The van der Waals surface area contributed by atoms with Gasteiger partial charge in [-0.3, -0.25) is 9.59 Å². The monoisotopic (exact) mass is 577 g/mol. The number of carbonyl (C=O) groups is 3. The molecule has 0 unspecified atom stereocenters. The van der Waals surface area contributed by atoms with Crippen molar-refractivity contribution in [2.45, 2.75) is 26.9 Å². The Morgan fingerprint density at radius 1 is 1.00 bits per heavy atom. The highest BCUT2D eigenvalue weighted by Crippen LogP contribution is 2.30. The summed E-state index contributed by atoms with van der Waals surface area (Å²) in [5, 5.41) is 5.34. The molecule has 0 bridgehead atoms. The summed E-state index contributed by atoms with van der Waals surface area (Å²) in [5.41, 5.74) is 3.34. The zero-order valence-corrected chi connectivity index (χ0v) is 22.7. The van der Waals surface area contributed by atoms with Crippen LogP contribution in [-0.4, -0.2) is 35.9 Å². The van der Waals surface area contributed by atoms with E-state index in [1.54, 1.807) is 30.3 Å². The lowest BCUT2D eigenvalue weighted by molar-refractivity contribution is -0.127. The second-order valence-electron chi connectivity index (χ2n) is 8.49. The molecule has 0 spiro atoms. The Balaban J connectivity index is 1.44. The van der Waals surface area contributed by atoms with Gasteiger partial charge in [-0.1, -0.05) is 59.3 Å². The zero-order chi connectivity index (χ0) is 27.1. The molecular formula is C29H28BrN3O5. The van der Waals surface area contributed by atoms with Gasteiger partial charge in [0.25, 0.3) is 5.91 Å². The molecule has 0 aliphatic carbocycles. The number of ether oxygens (including phenoxy) is 2. The number of hydrogen-bond acceptors (Lipinski definition) is 5. The topological polar surface area (TPSA) is 97.0 Å². The summed E-state index contributed by atoms with van der Waals surface area (Å²) in [6, 6.07) is 19.8. The lowest BCUT2D eigenvalue weighted by Gasteiger charge is -2.14. The van der Waals surface area contributed by atoms with Crippen LogP contribution < -0.4 is 20.1 Å². The summed E-state index contributed by atoms with van der Waals surface area (Å²) in [6.07, 6.45) is 2.29. The van der Waals surface area contributed by atoms with E-state index in [-0.39, 0.29) is 5.70 Å². The Kier molecular flexibility index (Phi) is 8.81. The highest BCUT2D eigenvalue weighted by molar-refractivity contribution is 9.10. The maximum absolute atomic E-state index is 12.9. The second-order valence-corrected chi connectivity index (χ2v) is 9.41. The number of benzene rings is 3. The normalized spacial score (nSPS) is 14.0. The molecule has 1 fully saturated rings. The number of para-hydroxylation sites is 1. The maximum atomic E-state index is 12.9. The van der Waals surface area contributed by atoms with Crippen LogP contribution >= 0.6 is 15.9 Å². The molecule has 1 saturated heterocycles. The van der Waals surface area contributed by atoms with Crippen LogP contribution in [0.25, 0.3) is 6.08 Å². The molecule has 196 valence electrons. The summed E-state index contributed by atoms with van der Waals surface area (Å²) in [4.78, 5) is 38.9. The van der Waals surface area contributed by atoms with Gasteiger partial charge in [-0.2, -0.15) is 0 Å². The van der Waals surface area contributed by atoms with Crippen molar-refractivity contribution in [3.8, 4) is 11.5 Å². The first-order valence-corrected chi connectivity index (χ1v) is 13.0. The van der Waals surface area contributed by atoms with Gasteiger partial charge in [0.15, 0.2) is 11.5 Å². The summed E-state index contributed by atoms with van der Waals surface area (Å²) >= 11 is 3.42. The van der Waals surface area contributed by atoms with Crippen molar-refractivity contribution in [3.05, 3.63) is 93.6 Å². The fourth-order valence-electron chi connectivity index (χ4n) is 3.91. The Morgan fingerprint density at radius 2 is 1.76 bits per heavy atom. The van der Waals surface area contributed by atoms with E-state index >= 15 is 0 Å². The van der Waals surface area contributed by atoms with Crippen molar-refractivity contribution in [2.75, 3.05) is 18.5 Å². The standard InChI is InChI=1S/C29H28BrN3O5/c1-3-21-7-5-6-8-23(21)31-27(34)17-33-28(35)24(32-29(33)36)15-20-11-14-25(26(16-20)37-4-2)38-18-19-9-12-22(30)13-10-19/h5-16H,3-4,17-18H2,1-2H3,(H,31,34)(H,32,36)/b24-15+. The van der Waals surface area contributed by atoms with Crippen molar-refractivity contribution in [1.82, 2.24) is 10.2 Å². The minimum atomic E-state index is -0.653. The molecule has 9 heteroatoms. The average molecular weight is 578 g/mol. The molecule has 1 heterocycles. The lowest BCUT2D eigenvalue weighted by atomic mass is 10.1. The van der Waals surface area contributed by atoms with Crippen molar-refractivity contribution in [3.63, 3.8) is 0 Å². The van der Waals surface area contributed by atoms with Crippen LogP contribution in [0.4, 0.5) is 10.5 Å². The second kappa shape index (κ2) is 12.4. The fraction of sp³-hybridized carbons (Fsp3) is 0.207. The van der Waals surface area contributed by atoms with Crippen LogP contribution in [0.15, 0.2) is 76.9 Å². The van der Waals surface area contributed by atoms with Gasteiger partial charge in [-0.25, -0.2) is 9.69 Å². The minimum absolute atomic E-state index is 0.0720. The van der Waals surface area contributed by atoms with Gasteiger partial charge >= 0.3 is 6.03 Å². The average Bonchev–Trinajstić information content (AvgIpc) is 3.16. The molecule has 0 saturated carbocycles. The lowest BCUT2D eigenvalue weighted by Crippen LogP contribution is -2.38. The van der Waals surface area contributed by atoms with Gasteiger partial charge in [0, 0.05) is 10.2 Å². The molecule has 3 aromatic carbocycles. The number of urea groups is 1. The molecule has 0 radical (unpaired) electrons. The highest BCUT2D eigenvalue weighted by atomic mass is 79.9. The number of halogens is 1. The predicted molar refractivity (Wildman–Crippen MR) is 149 cm³/mol. The van der Waals surface area contributed by atoms with Gasteiger partial charge in [0.1, 0.15) is 18.8 Å². The van der Waals surface area contributed by atoms with Crippen LogP contribution in [0.2, 0.25) is 0 Å². The molecule has 1 aliphatic rings. The Hall–Kier alpha value is -4.11. The third-order valence-corrected chi connectivity index (χ3v) is 6.35. The van der Waals surface area contributed by atoms with E-state index in [1.165, 1.54) is 0 Å². The van der Waals surface area contributed by atoms with E-state index in [0.29, 0.717) is 36.0 Å². The summed E-state index contributed by atoms with van der Waals surface area (Å²) in [5.74, 6) is 0.0370. The molecule has 4 rings (SSSR count). The van der Waals surface area contributed by atoms with Crippen molar-refractivity contribution >= 4 is 45.5 Å². The van der Waals surface area contributed by atoms with E-state index in [2.05, 4.69) is 26.6 Å². The summed E-state index contributed by atoms with van der Waals surface area (Å²) in [7, 11) is 0. The van der Waals surface area contributed by atoms with Crippen molar-refractivity contribution in [2.24, 2.45) is 0 Å². The van der Waals surface area contributed by atoms with Crippen molar-refractivity contribution in [1.29, 1.82) is 0 Å². The molecular weight excluding hydrogens is 550 g/mol. The van der Waals surface area contributed by atoms with Gasteiger partial charge in [-0.15, -0.1) is 0 Å². The van der Waals surface area contributed by atoms with Crippen LogP contribution in [0.3, 0.4) is 0 Å². The third kappa shape index (κ3) is 6.60. The Bertz CT molecular complexity index is 1370. The number of aryl methyl sites for hydroxylation is 1. The van der Waals surface area contributed by atoms with Crippen LogP contribution in [0.1, 0.15) is 30.5 Å². The highest BCUT2D eigenvalue weighted by Gasteiger charge is 2.35. The molecule has 4 amide bonds. The number of carbonyl (C=O) groups excluding carboxylic acids is 3. The zero-order valence-electron chi connectivity index (χ0n) is 21.1. The van der Waals surface area contributed by atoms with Crippen LogP contribution in [-0.2, 0) is 22.6 Å². The number of imide groups is 1. The molecule has 8 nitrogen and oxygen atoms in total. The van der Waals surface area contributed by atoms with E-state index in [1.807, 2.05) is 56.3 Å². The van der Waals surface area contributed by atoms with Gasteiger partial charge in [-0.05, 0) is 66.4 Å². The molecule has 3 aromatic rings. The van der Waals surface area contributed by atoms with Crippen LogP contribution in [0, 0.1) is 0 Å². The summed E-state index contributed by atoms with van der Waals surface area (Å²) < 4.78 is 12.7. The number of anilines is 1. The van der Waals surface area contributed by atoms with Crippen molar-refractivity contribution < 1.29 is 23.9 Å². The van der Waals surface area contributed by atoms with E-state index < -0.39 is 24.4 Å². The maximum Gasteiger partial charge on any atom is 0.329 e. The molecule has 2 N–H and O–H groups in total. The molecule has 0 aromatic heterocycles. The largest absolute Gasteiger partial charge is 0.490 e. The van der Waals surface area contributed by atoms with E-state index in [0.717, 1.165) is 26.9 Å². The van der Waals surface area contributed by atoms with Crippen LogP contribution in [0.5, 0.6) is 11.5 Å². The molecule has 38 heavy (non-hydrogen) atoms. The quantitative estimate of drug-likeness (QED) is 0.244. The number of rotatable bonds is 10. The smallest absolute Gasteiger partial charge is 0.329 e. The number of hydrogen-bond donors (Lipinski definition) is 2.